The quantitative estimate of drug-likeness (QED) is 0.415. The minimum atomic E-state index is -0.789. The molecular formula is C7H11NO4. The topological polar surface area (TPSA) is 75.6 Å². The summed E-state index contributed by atoms with van der Waals surface area (Å²) in [5, 5.41) is 11.4. The Kier molecular flexibility index (Phi) is 2.32. The van der Waals surface area contributed by atoms with Gasteiger partial charge in [-0.05, 0) is 6.92 Å². The van der Waals surface area contributed by atoms with E-state index in [0.29, 0.717) is 0 Å². The van der Waals surface area contributed by atoms with Gasteiger partial charge in [0.2, 0.25) is 5.91 Å². The van der Waals surface area contributed by atoms with E-state index in [2.05, 4.69) is 5.32 Å². The standard InChI is InChI=1S/C7H11NO4/c1-3(9)5-6(11)8-7(5)12-4(2)10/h3,5,7,9H,1-2H3,(H,8,11)/t3-,5-,7-/m1/s1. The van der Waals surface area contributed by atoms with Crippen LogP contribution in [0.25, 0.3) is 0 Å². The van der Waals surface area contributed by atoms with E-state index in [-0.39, 0.29) is 5.91 Å². The van der Waals surface area contributed by atoms with Crippen molar-refractivity contribution >= 4 is 11.9 Å². The van der Waals surface area contributed by atoms with E-state index in [0.717, 1.165) is 0 Å². The fraction of sp³-hybridized carbons (Fsp3) is 0.714. The number of aliphatic hydroxyl groups is 1. The van der Waals surface area contributed by atoms with Gasteiger partial charge < -0.3 is 15.2 Å². The second-order valence-electron chi connectivity index (χ2n) is 2.81. The van der Waals surface area contributed by atoms with Crippen LogP contribution >= 0.6 is 0 Å². The largest absolute Gasteiger partial charge is 0.441 e. The summed E-state index contributed by atoms with van der Waals surface area (Å²) in [6.07, 6.45) is -1.45. The van der Waals surface area contributed by atoms with Crippen molar-refractivity contribution in [2.75, 3.05) is 0 Å². The van der Waals surface area contributed by atoms with E-state index < -0.39 is 24.2 Å². The lowest BCUT2D eigenvalue weighted by Crippen LogP contribution is -2.63. The molecular weight excluding hydrogens is 162 g/mol. The van der Waals surface area contributed by atoms with Gasteiger partial charge in [0.1, 0.15) is 5.92 Å². The van der Waals surface area contributed by atoms with E-state index in [9.17, 15) is 9.59 Å². The molecule has 1 rings (SSSR count). The molecule has 0 spiro atoms. The van der Waals surface area contributed by atoms with Crippen molar-refractivity contribution in [3.63, 3.8) is 0 Å². The summed E-state index contributed by atoms with van der Waals surface area (Å²) in [5.41, 5.74) is 0. The number of ether oxygens (including phenoxy) is 1. The number of carbonyl (C=O) groups is 2. The number of amides is 1. The maximum atomic E-state index is 10.8. The molecule has 0 unspecified atom stereocenters. The maximum Gasteiger partial charge on any atom is 0.304 e. The normalized spacial score (nSPS) is 30.1. The SMILES string of the molecule is CC(=O)O[C@H]1NC(=O)[C@H]1[C@@H](C)O. The van der Waals surface area contributed by atoms with E-state index in [4.69, 9.17) is 9.84 Å². The van der Waals surface area contributed by atoms with E-state index in [1.54, 1.807) is 0 Å². The van der Waals surface area contributed by atoms with Crippen LogP contribution in [-0.4, -0.2) is 29.3 Å². The Morgan fingerprint density at radius 1 is 1.75 bits per heavy atom. The van der Waals surface area contributed by atoms with Crippen molar-refractivity contribution < 1.29 is 19.4 Å². The Balaban J connectivity index is 2.48. The van der Waals surface area contributed by atoms with Gasteiger partial charge in [0.05, 0.1) is 6.10 Å². The van der Waals surface area contributed by atoms with E-state index >= 15 is 0 Å². The molecule has 0 bridgehead atoms. The smallest absolute Gasteiger partial charge is 0.304 e. The van der Waals surface area contributed by atoms with Gasteiger partial charge in [-0.15, -0.1) is 0 Å². The molecule has 0 aromatic carbocycles. The Morgan fingerprint density at radius 2 is 2.33 bits per heavy atom. The maximum absolute atomic E-state index is 10.8. The first-order chi connectivity index (χ1) is 5.52. The predicted octanol–water partition coefficient (Wildman–Crippen LogP) is -0.998. The molecule has 1 aliphatic heterocycles. The molecule has 0 radical (unpaired) electrons. The number of aliphatic hydroxyl groups excluding tert-OH is 1. The second-order valence-corrected chi connectivity index (χ2v) is 2.81. The number of esters is 1. The first-order valence-corrected chi connectivity index (χ1v) is 3.68. The molecule has 5 nitrogen and oxygen atoms in total. The number of hydrogen-bond acceptors (Lipinski definition) is 4. The lowest BCUT2D eigenvalue weighted by atomic mass is 9.94. The first kappa shape index (κ1) is 8.99. The van der Waals surface area contributed by atoms with Gasteiger partial charge in [-0.1, -0.05) is 0 Å². The summed E-state index contributed by atoms with van der Waals surface area (Å²) in [6, 6.07) is 0. The summed E-state index contributed by atoms with van der Waals surface area (Å²) in [5.74, 6) is -1.36. The molecule has 68 valence electrons. The molecule has 12 heavy (non-hydrogen) atoms. The summed E-state index contributed by atoms with van der Waals surface area (Å²) >= 11 is 0. The van der Waals surface area contributed by atoms with Crippen LogP contribution in [0.15, 0.2) is 0 Å². The molecule has 1 heterocycles. The molecule has 0 aromatic heterocycles. The van der Waals surface area contributed by atoms with Crippen molar-refractivity contribution in [1.82, 2.24) is 5.32 Å². The Hall–Kier alpha value is -1.10. The highest BCUT2D eigenvalue weighted by Crippen LogP contribution is 2.19. The highest BCUT2D eigenvalue weighted by Gasteiger charge is 2.44. The molecule has 1 aliphatic rings. The first-order valence-electron chi connectivity index (χ1n) is 3.68. The van der Waals surface area contributed by atoms with Gasteiger partial charge in [0, 0.05) is 6.92 Å². The number of nitrogens with one attached hydrogen (secondary N) is 1. The number of rotatable bonds is 2. The molecule has 0 aromatic rings. The highest BCUT2D eigenvalue weighted by molar-refractivity contribution is 5.86. The number of β-lactam (4-membered cyclic amide) rings is 1. The van der Waals surface area contributed by atoms with Crippen LogP contribution in [0, 0.1) is 5.92 Å². The van der Waals surface area contributed by atoms with Gasteiger partial charge in [-0.3, -0.25) is 9.59 Å². The van der Waals surface area contributed by atoms with Crippen LogP contribution in [0.4, 0.5) is 0 Å². The van der Waals surface area contributed by atoms with Crippen molar-refractivity contribution in [3.8, 4) is 0 Å². The van der Waals surface area contributed by atoms with Crippen molar-refractivity contribution in [2.45, 2.75) is 26.2 Å². The average Bonchev–Trinajstić information content (AvgIpc) is 1.82. The molecule has 5 heteroatoms. The second kappa shape index (κ2) is 3.10. The minimum Gasteiger partial charge on any atom is -0.441 e. The molecule has 1 amide bonds. The molecule has 0 saturated carbocycles. The summed E-state index contributed by atoms with van der Waals surface area (Å²) < 4.78 is 4.70. The molecule has 1 fully saturated rings. The van der Waals surface area contributed by atoms with Crippen LogP contribution in [0.2, 0.25) is 0 Å². The van der Waals surface area contributed by atoms with Gasteiger partial charge in [0.25, 0.3) is 0 Å². The average molecular weight is 173 g/mol. The van der Waals surface area contributed by atoms with Crippen LogP contribution < -0.4 is 5.32 Å². The van der Waals surface area contributed by atoms with Gasteiger partial charge in [0.15, 0.2) is 6.23 Å². The van der Waals surface area contributed by atoms with Crippen molar-refractivity contribution in [2.24, 2.45) is 5.92 Å². The van der Waals surface area contributed by atoms with Crippen molar-refractivity contribution in [1.29, 1.82) is 0 Å². The highest BCUT2D eigenvalue weighted by atomic mass is 16.6. The zero-order valence-corrected chi connectivity index (χ0v) is 6.90. The lowest BCUT2D eigenvalue weighted by Gasteiger charge is -2.36. The lowest BCUT2D eigenvalue weighted by molar-refractivity contribution is -0.173. The zero-order valence-electron chi connectivity index (χ0n) is 6.90. The van der Waals surface area contributed by atoms with Gasteiger partial charge in [-0.25, -0.2) is 0 Å². The van der Waals surface area contributed by atoms with Crippen LogP contribution in [0.5, 0.6) is 0 Å². The van der Waals surface area contributed by atoms with Crippen LogP contribution in [0.3, 0.4) is 0 Å². The molecule has 2 N–H and O–H groups in total. The monoisotopic (exact) mass is 173 g/mol. The third-order valence-electron chi connectivity index (χ3n) is 1.73. The van der Waals surface area contributed by atoms with Crippen LogP contribution in [0.1, 0.15) is 13.8 Å². The Labute approximate surface area is 69.7 Å². The van der Waals surface area contributed by atoms with E-state index in [1.807, 2.05) is 0 Å². The summed E-state index contributed by atoms with van der Waals surface area (Å²) in [4.78, 5) is 21.3. The number of carbonyl (C=O) groups excluding carboxylic acids is 2. The number of hydrogen-bond donors (Lipinski definition) is 2. The summed E-state index contributed by atoms with van der Waals surface area (Å²) in [7, 11) is 0. The Morgan fingerprint density at radius 3 is 2.67 bits per heavy atom. The fourth-order valence-electron chi connectivity index (χ4n) is 1.12. The van der Waals surface area contributed by atoms with E-state index in [1.165, 1.54) is 13.8 Å². The van der Waals surface area contributed by atoms with Crippen LogP contribution in [-0.2, 0) is 14.3 Å². The fourth-order valence-corrected chi connectivity index (χ4v) is 1.12. The minimum absolute atomic E-state index is 0.281. The molecule has 0 aliphatic carbocycles. The predicted molar refractivity (Wildman–Crippen MR) is 38.9 cm³/mol. The zero-order chi connectivity index (χ0) is 9.30. The molecule has 3 atom stereocenters. The Bertz CT molecular complexity index is 213. The van der Waals surface area contributed by atoms with Gasteiger partial charge in [-0.2, -0.15) is 0 Å². The molecule has 1 saturated heterocycles. The van der Waals surface area contributed by atoms with Gasteiger partial charge >= 0.3 is 5.97 Å². The third kappa shape index (κ3) is 1.55. The summed E-state index contributed by atoms with van der Waals surface area (Å²) in [6.45, 7) is 2.74. The third-order valence-corrected chi connectivity index (χ3v) is 1.73. The van der Waals surface area contributed by atoms with Crippen molar-refractivity contribution in [3.05, 3.63) is 0 Å².